The largest absolute Gasteiger partial charge is 0.175 e. The van der Waals surface area contributed by atoms with Gasteiger partial charge in [-0.05, 0) is 42.2 Å². The van der Waals surface area contributed by atoms with Crippen molar-refractivity contribution in [3.8, 4) is 0 Å². The molecule has 1 fully saturated rings. The molecule has 1 aliphatic rings. The fraction of sp³-hybridized carbons (Fsp3) is 0.929. The summed E-state index contributed by atoms with van der Waals surface area (Å²) in [6.45, 7) is 2.28. The van der Waals surface area contributed by atoms with Gasteiger partial charge in [0.05, 0.1) is 7.05 Å². The summed E-state index contributed by atoms with van der Waals surface area (Å²) in [4.78, 5) is 1.56. The van der Waals surface area contributed by atoms with E-state index in [1.165, 1.54) is 44.9 Å². The highest BCUT2D eigenvalue weighted by Gasteiger charge is 2.35. The van der Waals surface area contributed by atoms with Crippen LogP contribution in [-0.4, -0.2) is 25.5 Å². The molecule has 4 nitrogen and oxygen atoms in total. The summed E-state index contributed by atoms with van der Waals surface area (Å²) in [6.07, 6.45) is 10.4. The third-order valence-corrected chi connectivity index (χ3v) is 5.69. The Bertz CT molecular complexity index is 383. The molecule has 5 heteroatoms. The summed E-state index contributed by atoms with van der Waals surface area (Å²) in [5.74, 6) is 1.84. The first kappa shape index (κ1) is 14.9. The lowest BCUT2D eigenvalue weighted by atomic mass is 9.69. The van der Waals surface area contributed by atoms with Crippen molar-refractivity contribution in [1.82, 2.24) is 20.2 Å². The van der Waals surface area contributed by atoms with Gasteiger partial charge in [0.25, 0.3) is 0 Å². The molecule has 19 heavy (non-hydrogen) atoms. The van der Waals surface area contributed by atoms with E-state index in [1.54, 1.807) is 4.80 Å². The number of tetrazole rings is 1. The molecular weight excluding hydrogens is 304 g/mol. The Morgan fingerprint density at radius 3 is 2.63 bits per heavy atom. The van der Waals surface area contributed by atoms with Crippen molar-refractivity contribution in [1.29, 1.82) is 0 Å². The van der Waals surface area contributed by atoms with Gasteiger partial charge in [0.2, 0.25) is 0 Å². The van der Waals surface area contributed by atoms with Crippen LogP contribution in [-0.2, 0) is 13.5 Å². The minimum absolute atomic E-state index is 0.353. The third-order valence-electron chi connectivity index (χ3n) is 4.50. The van der Waals surface area contributed by atoms with Crippen molar-refractivity contribution in [2.24, 2.45) is 18.4 Å². The highest BCUT2D eigenvalue weighted by molar-refractivity contribution is 9.09. The number of aryl methyl sites for hydroxylation is 1. The van der Waals surface area contributed by atoms with E-state index in [4.69, 9.17) is 0 Å². The molecule has 0 spiro atoms. The number of halogens is 1. The second-order valence-corrected chi connectivity index (χ2v) is 6.65. The van der Waals surface area contributed by atoms with Gasteiger partial charge in [0.1, 0.15) is 0 Å². The topological polar surface area (TPSA) is 43.6 Å². The van der Waals surface area contributed by atoms with Gasteiger partial charge in [-0.15, -0.1) is 10.2 Å². The zero-order valence-corrected chi connectivity index (χ0v) is 13.7. The molecule has 0 N–H and O–H groups in total. The normalized spacial score (nSPS) is 27.6. The highest BCUT2D eigenvalue weighted by atomic mass is 79.9. The summed E-state index contributed by atoms with van der Waals surface area (Å²) in [6, 6.07) is 0. The molecule has 1 aromatic heterocycles. The van der Waals surface area contributed by atoms with Crippen molar-refractivity contribution >= 4 is 15.9 Å². The zero-order chi connectivity index (χ0) is 13.7. The van der Waals surface area contributed by atoms with Crippen LogP contribution in [0.4, 0.5) is 0 Å². The Balaban J connectivity index is 1.90. The number of unbranched alkanes of at least 4 members (excludes halogenated alkanes) is 1. The van der Waals surface area contributed by atoms with Crippen molar-refractivity contribution < 1.29 is 0 Å². The van der Waals surface area contributed by atoms with Crippen LogP contribution in [0.3, 0.4) is 0 Å². The third kappa shape index (κ3) is 4.01. The molecule has 0 radical (unpaired) electrons. The quantitative estimate of drug-likeness (QED) is 0.750. The first-order valence-electron chi connectivity index (χ1n) is 7.46. The first-order valence-corrected chi connectivity index (χ1v) is 8.58. The van der Waals surface area contributed by atoms with E-state index < -0.39 is 0 Å². The first-order chi connectivity index (χ1) is 9.17. The second kappa shape index (κ2) is 6.82. The molecular formula is C14H25BrN4. The maximum atomic E-state index is 4.34. The maximum Gasteiger partial charge on any atom is 0.175 e. The summed E-state index contributed by atoms with van der Waals surface area (Å²) < 4.78 is 0. The van der Waals surface area contributed by atoms with E-state index in [9.17, 15) is 0 Å². The SMILES string of the molecule is CCCCC1CCC(CBr)(Cc2nnn(C)n2)CC1. The standard InChI is InChI=1S/C14H25BrN4/c1-3-4-5-12-6-8-14(11-15,9-7-12)10-13-16-18-19(2)17-13/h12H,3-11H2,1-2H3. The van der Waals surface area contributed by atoms with Crippen LogP contribution in [0.15, 0.2) is 0 Å². The lowest BCUT2D eigenvalue weighted by molar-refractivity contribution is 0.166. The molecule has 1 heterocycles. The molecule has 0 saturated heterocycles. The van der Waals surface area contributed by atoms with Crippen LogP contribution < -0.4 is 0 Å². The molecule has 0 aliphatic heterocycles. The van der Waals surface area contributed by atoms with E-state index in [0.717, 1.165) is 23.5 Å². The molecule has 1 saturated carbocycles. The van der Waals surface area contributed by atoms with Crippen LogP contribution in [0.25, 0.3) is 0 Å². The van der Waals surface area contributed by atoms with Gasteiger partial charge in [-0.1, -0.05) is 42.1 Å². The predicted octanol–water partition coefficient (Wildman–Crippen LogP) is 3.51. The molecule has 108 valence electrons. The van der Waals surface area contributed by atoms with E-state index in [0.29, 0.717) is 5.41 Å². The average Bonchev–Trinajstić information content (AvgIpc) is 2.83. The van der Waals surface area contributed by atoms with Crippen molar-refractivity contribution in [3.05, 3.63) is 5.82 Å². The Morgan fingerprint density at radius 1 is 1.37 bits per heavy atom. The number of hydrogen-bond acceptors (Lipinski definition) is 3. The van der Waals surface area contributed by atoms with Gasteiger partial charge in [0.15, 0.2) is 5.82 Å². The van der Waals surface area contributed by atoms with Crippen LogP contribution in [0.1, 0.15) is 57.7 Å². The Morgan fingerprint density at radius 2 is 2.11 bits per heavy atom. The minimum Gasteiger partial charge on any atom is -0.167 e. The fourth-order valence-corrected chi connectivity index (χ4v) is 3.92. The predicted molar refractivity (Wildman–Crippen MR) is 80.2 cm³/mol. The Labute approximate surface area is 124 Å². The molecule has 0 amide bonds. The van der Waals surface area contributed by atoms with Gasteiger partial charge < -0.3 is 0 Å². The maximum absolute atomic E-state index is 4.34. The van der Waals surface area contributed by atoms with Gasteiger partial charge >= 0.3 is 0 Å². The second-order valence-electron chi connectivity index (χ2n) is 6.09. The molecule has 1 aliphatic carbocycles. The number of nitrogens with zero attached hydrogens (tertiary/aromatic N) is 4. The zero-order valence-electron chi connectivity index (χ0n) is 12.1. The van der Waals surface area contributed by atoms with Crippen LogP contribution in [0, 0.1) is 11.3 Å². The summed E-state index contributed by atoms with van der Waals surface area (Å²) in [5, 5.41) is 13.5. The van der Waals surface area contributed by atoms with Gasteiger partial charge in [0, 0.05) is 11.8 Å². The van der Waals surface area contributed by atoms with E-state index in [-0.39, 0.29) is 0 Å². The molecule has 2 rings (SSSR count). The van der Waals surface area contributed by atoms with E-state index in [1.807, 2.05) is 7.05 Å². The lowest BCUT2D eigenvalue weighted by Crippen LogP contribution is -2.32. The van der Waals surface area contributed by atoms with Crippen LogP contribution >= 0.6 is 15.9 Å². The van der Waals surface area contributed by atoms with Gasteiger partial charge in [-0.3, -0.25) is 0 Å². The average molecular weight is 329 g/mol. The number of hydrogen-bond donors (Lipinski definition) is 0. The molecule has 0 aromatic carbocycles. The number of aromatic nitrogens is 4. The van der Waals surface area contributed by atoms with Crippen LogP contribution in [0.5, 0.6) is 0 Å². The monoisotopic (exact) mass is 328 g/mol. The highest BCUT2D eigenvalue weighted by Crippen LogP contribution is 2.43. The van der Waals surface area contributed by atoms with E-state index in [2.05, 4.69) is 38.3 Å². The smallest absolute Gasteiger partial charge is 0.167 e. The van der Waals surface area contributed by atoms with Gasteiger partial charge in [-0.25, -0.2) is 0 Å². The Kier molecular flexibility index (Phi) is 5.37. The number of alkyl halides is 1. The van der Waals surface area contributed by atoms with Crippen molar-refractivity contribution in [3.63, 3.8) is 0 Å². The van der Waals surface area contributed by atoms with Crippen LogP contribution in [0.2, 0.25) is 0 Å². The number of rotatable bonds is 6. The molecule has 0 atom stereocenters. The van der Waals surface area contributed by atoms with Crippen molar-refractivity contribution in [2.45, 2.75) is 58.3 Å². The minimum atomic E-state index is 0.353. The Hall–Kier alpha value is -0.450. The fourth-order valence-electron chi connectivity index (χ4n) is 3.16. The van der Waals surface area contributed by atoms with Crippen molar-refractivity contribution in [2.75, 3.05) is 5.33 Å². The lowest BCUT2D eigenvalue weighted by Gasteiger charge is -2.38. The molecule has 0 unspecified atom stereocenters. The van der Waals surface area contributed by atoms with Gasteiger partial charge in [-0.2, -0.15) is 4.80 Å². The van der Waals surface area contributed by atoms with E-state index >= 15 is 0 Å². The summed E-state index contributed by atoms with van der Waals surface area (Å²) in [5.41, 5.74) is 0.353. The summed E-state index contributed by atoms with van der Waals surface area (Å²) in [7, 11) is 1.83. The molecule has 1 aromatic rings. The molecule has 0 bridgehead atoms. The summed E-state index contributed by atoms with van der Waals surface area (Å²) >= 11 is 3.72.